The fourth-order valence-corrected chi connectivity index (χ4v) is 2.63. The van der Waals surface area contributed by atoms with Gasteiger partial charge in [-0.3, -0.25) is 0 Å². The molecule has 0 radical (unpaired) electrons. The van der Waals surface area contributed by atoms with Crippen LogP contribution in [-0.4, -0.2) is 6.04 Å². The number of nitrogens with one attached hydrogen (secondary N) is 1. The van der Waals surface area contributed by atoms with E-state index < -0.39 is 0 Å². The Morgan fingerprint density at radius 2 is 1.88 bits per heavy atom. The van der Waals surface area contributed by atoms with Gasteiger partial charge < -0.3 is 11.1 Å². The average molecular weight is 232 g/mol. The summed E-state index contributed by atoms with van der Waals surface area (Å²) in [6.07, 6.45) is 8.22. The number of rotatable bonds is 3. The van der Waals surface area contributed by atoms with E-state index >= 15 is 0 Å². The Labute approximate surface area is 105 Å². The Bertz CT molecular complexity index is 352. The van der Waals surface area contributed by atoms with Crippen LogP contribution in [0.15, 0.2) is 18.2 Å². The molecule has 0 amide bonds. The molecule has 0 unspecified atom stereocenters. The number of hydrogen-bond donors (Lipinski definition) is 2. The fourth-order valence-electron chi connectivity index (χ4n) is 2.63. The van der Waals surface area contributed by atoms with Crippen molar-refractivity contribution >= 4 is 5.69 Å². The van der Waals surface area contributed by atoms with Crippen LogP contribution >= 0.6 is 0 Å². The first kappa shape index (κ1) is 12.4. The average Bonchev–Trinajstić information content (AvgIpc) is 2.59. The minimum atomic E-state index is 0.692. The highest BCUT2D eigenvalue weighted by atomic mass is 14.9. The van der Waals surface area contributed by atoms with E-state index in [1.54, 1.807) is 0 Å². The Kier molecular flexibility index (Phi) is 4.43. The lowest BCUT2D eigenvalue weighted by atomic mass is 10.1. The monoisotopic (exact) mass is 232 g/mol. The largest absolute Gasteiger partial charge is 0.398 e. The molecule has 17 heavy (non-hydrogen) atoms. The molecule has 0 heterocycles. The Balaban J connectivity index is 1.89. The van der Waals surface area contributed by atoms with Crippen LogP contribution in [0, 0.1) is 6.92 Å². The maximum atomic E-state index is 6.00. The second kappa shape index (κ2) is 6.06. The molecule has 1 fully saturated rings. The molecule has 1 aromatic rings. The Hall–Kier alpha value is -1.02. The number of aryl methyl sites for hydroxylation is 1. The summed E-state index contributed by atoms with van der Waals surface area (Å²) < 4.78 is 0. The van der Waals surface area contributed by atoms with E-state index in [4.69, 9.17) is 5.73 Å². The fraction of sp³-hybridized carbons (Fsp3) is 0.600. The van der Waals surface area contributed by atoms with Gasteiger partial charge in [0.1, 0.15) is 0 Å². The van der Waals surface area contributed by atoms with E-state index in [0.717, 1.165) is 12.2 Å². The van der Waals surface area contributed by atoms with Crippen LogP contribution in [-0.2, 0) is 6.54 Å². The lowest BCUT2D eigenvalue weighted by molar-refractivity contribution is 0.459. The smallest absolute Gasteiger partial charge is 0.0359 e. The van der Waals surface area contributed by atoms with E-state index in [-0.39, 0.29) is 0 Å². The highest BCUT2D eigenvalue weighted by molar-refractivity contribution is 5.48. The van der Waals surface area contributed by atoms with Gasteiger partial charge in [0, 0.05) is 18.3 Å². The van der Waals surface area contributed by atoms with Crippen molar-refractivity contribution in [3.05, 3.63) is 29.3 Å². The number of benzene rings is 1. The summed E-state index contributed by atoms with van der Waals surface area (Å²) in [6.45, 7) is 3.03. The molecule has 2 rings (SSSR count). The zero-order chi connectivity index (χ0) is 12.1. The summed E-state index contributed by atoms with van der Waals surface area (Å²) in [5.41, 5.74) is 9.44. The van der Waals surface area contributed by atoms with Gasteiger partial charge in [0.25, 0.3) is 0 Å². The molecule has 0 aliphatic heterocycles. The molecule has 2 nitrogen and oxygen atoms in total. The molecular formula is C15H24N2. The van der Waals surface area contributed by atoms with E-state index in [1.165, 1.54) is 49.7 Å². The third kappa shape index (κ3) is 3.74. The number of nitrogens with two attached hydrogens (primary N) is 1. The molecule has 0 atom stereocenters. The van der Waals surface area contributed by atoms with Gasteiger partial charge in [-0.15, -0.1) is 0 Å². The molecule has 2 heteroatoms. The molecular weight excluding hydrogens is 208 g/mol. The molecule has 1 aliphatic rings. The molecule has 3 N–H and O–H groups in total. The topological polar surface area (TPSA) is 38.0 Å². The number of nitrogen functional groups attached to an aromatic ring is 1. The van der Waals surface area contributed by atoms with Gasteiger partial charge in [0.05, 0.1) is 0 Å². The van der Waals surface area contributed by atoms with Crippen LogP contribution in [0.2, 0.25) is 0 Å². The van der Waals surface area contributed by atoms with Crippen molar-refractivity contribution < 1.29 is 0 Å². The highest BCUT2D eigenvalue weighted by Gasteiger charge is 2.11. The van der Waals surface area contributed by atoms with Crippen LogP contribution in [0.1, 0.15) is 49.7 Å². The molecule has 0 bridgehead atoms. The Morgan fingerprint density at radius 3 is 2.59 bits per heavy atom. The van der Waals surface area contributed by atoms with Crippen molar-refractivity contribution in [3.63, 3.8) is 0 Å². The summed E-state index contributed by atoms with van der Waals surface area (Å²) in [5, 5.41) is 3.67. The van der Waals surface area contributed by atoms with Crippen LogP contribution in [0.3, 0.4) is 0 Å². The summed E-state index contributed by atoms with van der Waals surface area (Å²) in [6, 6.07) is 6.97. The summed E-state index contributed by atoms with van der Waals surface area (Å²) in [4.78, 5) is 0. The van der Waals surface area contributed by atoms with Crippen molar-refractivity contribution in [2.45, 2.75) is 58.0 Å². The van der Waals surface area contributed by atoms with Crippen molar-refractivity contribution in [1.29, 1.82) is 0 Å². The first-order chi connectivity index (χ1) is 8.25. The van der Waals surface area contributed by atoms with E-state index in [2.05, 4.69) is 24.4 Å². The molecule has 0 saturated heterocycles. The molecule has 1 saturated carbocycles. The number of anilines is 1. The van der Waals surface area contributed by atoms with Crippen LogP contribution in [0.4, 0.5) is 5.69 Å². The maximum Gasteiger partial charge on any atom is 0.0359 e. The normalized spacial score (nSPS) is 17.9. The SMILES string of the molecule is Cc1ccc(N)c(CNC2CCCCCC2)c1. The van der Waals surface area contributed by atoms with Crippen molar-refractivity contribution in [3.8, 4) is 0 Å². The van der Waals surface area contributed by atoms with E-state index in [0.29, 0.717) is 6.04 Å². The minimum absolute atomic E-state index is 0.692. The van der Waals surface area contributed by atoms with E-state index in [9.17, 15) is 0 Å². The predicted octanol–water partition coefficient (Wildman–Crippen LogP) is 3.39. The van der Waals surface area contributed by atoms with Crippen LogP contribution in [0.25, 0.3) is 0 Å². The second-order valence-corrected chi connectivity index (χ2v) is 5.27. The molecule has 1 aromatic carbocycles. The zero-order valence-corrected chi connectivity index (χ0v) is 10.8. The van der Waals surface area contributed by atoms with Crippen molar-refractivity contribution in [2.75, 3.05) is 5.73 Å². The molecule has 0 spiro atoms. The van der Waals surface area contributed by atoms with Gasteiger partial charge >= 0.3 is 0 Å². The molecule has 94 valence electrons. The summed E-state index contributed by atoms with van der Waals surface area (Å²) in [7, 11) is 0. The van der Waals surface area contributed by atoms with Crippen LogP contribution in [0.5, 0.6) is 0 Å². The van der Waals surface area contributed by atoms with E-state index in [1.807, 2.05) is 6.07 Å². The standard InChI is InChI=1S/C15H24N2/c1-12-8-9-15(16)13(10-12)11-17-14-6-4-2-3-5-7-14/h8-10,14,17H,2-7,11,16H2,1H3. The second-order valence-electron chi connectivity index (χ2n) is 5.27. The first-order valence-corrected chi connectivity index (χ1v) is 6.84. The lowest BCUT2D eigenvalue weighted by Crippen LogP contribution is -2.28. The number of hydrogen-bond acceptors (Lipinski definition) is 2. The van der Waals surface area contributed by atoms with Gasteiger partial charge in [-0.05, 0) is 31.4 Å². The summed E-state index contributed by atoms with van der Waals surface area (Å²) in [5.74, 6) is 0. The molecule has 1 aliphatic carbocycles. The van der Waals surface area contributed by atoms with Gasteiger partial charge in [0.15, 0.2) is 0 Å². The summed E-state index contributed by atoms with van der Waals surface area (Å²) >= 11 is 0. The third-order valence-electron chi connectivity index (χ3n) is 3.73. The molecule has 0 aromatic heterocycles. The van der Waals surface area contributed by atoms with Gasteiger partial charge in [-0.1, -0.05) is 43.4 Å². The van der Waals surface area contributed by atoms with Crippen LogP contribution < -0.4 is 11.1 Å². The van der Waals surface area contributed by atoms with Crippen molar-refractivity contribution in [2.24, 2.45) is 0 Å². The Morgan fingerprint density at radius 1 is 1.18 bits per heavy atom. The third-order valence-corrected chi connectivity index (χ3v) is 3.73. The van der Waals surface area contributed by atoms with Crippen molar-refractivity contribution in [1.82, 2.24) is 5.32 Å². The quantitative estimate of drug-likeness (QED) is 0.619. The predicted molar refractivity (Wildman–Crippen MR) is 73.9 cm³/mol. The zero-order valence-electron chi connectivity index (χ0n) is 10.8. The lowest BCUT2D eigenvalue weighted by Gasteiger charge is -2.17. The minimum Gasteiger partial charge on any atom is -0.398 e. The van der Waals surface area contributed by atoms with Gasteiger partial charge in [0.2, 0.25) is 0 Å². The maximum absolute atomic E-state index is 6.00. The highest BCUT2D eigenvalue weighted by Crippen LogP contribution is 2.19. The van der Waals surface area contributed by atoms with Gasteiger partial charge in [-0.25, -0.2) is 0 Å². The first-order valence-electron chi connectivity index (χ1n) is 6.84. The van der Waals surface area contributed by atoms with Gasteiger partial charge in [-0.2, -0.15) is 0 Å².